The van der Waals surface area contributed by atoms with Crippen molar-refractivity contribution in [3.05, 3.63) is 23.8 Å². The van der Waals surface area contributed by atoms with Crippen LogP contribution in [0.2, 0.25) is 0 Å². The third-order valence-electron chi connectivity index (χ3n) is 1.22. The van der Waals surface area contributed by atoms with E-state index in [9.17, 15) is 18.0 Å². The molecule has 0 spiro atoms. The van der Waals surface area contributed by atoms with Crippen LogP contribution < -0.4 is 0 Å². The van der Waals surface area contributed by atoms with Gasteiger partial charge < -0.3 is 5.11 Å². The summed E-state index contributed by atoms with van der Waals surface area (Å²) in [5.41, 5.74) is -2.38. The predicted octanol–water partition coefficient (Wildman–Crippen LogP) is 1.19. The molecule has 0 aromatic carbocycles. The van der Waals surface area contributed by atoms with Crippen molar-refractivity contribution < 1.29 is 23.1 Å². The topological polar surface area (TPSA) is 63.1 Å². The minimum absolute atomic E-state index is 0.427. The van der Waals surface area contributed by atoms with E-state index in [1.54, 1.807) is 0 Å². The van der Waals surface area contributed by atoms with Crippen LogP contribution in [0, 0.1) is 0 Å². The van der Waals surface area contributed by atoms with E-state index in [2.05, 4.69) is 9.97 Å². The zero-order valence-electron chi connectivity index (χ0n) is 6.04. The molecular weight excluding hydrogens is 189 g/mol. The lowest BCUT2D eigenvalue weighted by Crippen LogP contribution is -2.15. The molecule has 1 aromatic heterocycles. The van der Waals surface area contributed by atoms with Crippen molar-refractivity contribution in [2.24, 2.45) is 0 Å². The molecule has 7 heteroatoms. The van der Waals surface area contributed by atoms with Crippen LogP contribution in [-0.4, -0.2) is 21.0 Å². The summed E-state index contributed by atoms with van der Waals surface area (Å²) in [6.07, 6.45) is -3.57. The number of nitrogens with zero attached hydrogens (tertiary/aromatic N) is 2. The van der Waals surface area contributed by atoms with Gasteiger partial charge in [-0.15, -0.1) is 0 Å². The highest BCUT2D eigenvalue weighted by atomic mass is 19.4. The molecule has 0 aliphatic rings. The van der Waals surface area contributed by atoms with Crippen molar-refractivity contribution in [1.82, 2.24) is 9.97 Å². The maximum Gasteiger partial charge on any atom is 0.420 e. The van der Waals surface area contributed by atoms with Crippen molar-refractivity contribution >= 4 is 5.97 Å². The molecule has 0 saturated heterocycles. The van der Waals surface area contributed by atoms with Crippen molar-refractivity contribution in [3.63, 3.8) is 0 Å². The molecule has 1 rings (SSSR count). The maximum atomic E-state index is 12.1. The molecular formula is C6H3F3N2O2. The Hall–Kier alpha value is -1.66. The number of rotatable bonds is 1. The molecule has 13 heavy (non-hydrogen) atoms. The van der Waals surface area contributed by atoms with Gasteiger partial charge >= 0.3 is 12.1 Å². The molecule has 0 unspecified atom stereocenters. The van der Waals surface area contributed by atoms with E-state index >= 15 is 0 Å². The second-order valence-electron chi connectivity index (χ2n) is 2.09. The highest BCUT2D eigenvalue weighted by molar-refractivity contribution is 5.87. The number of aromatic nitrogens is 2. The first-order valence-corrected chi connectivity index (χ1v) is 3.03. The SMILES string of the molecule is O=C(O)c1ncncc1C(F)(F)F. The largest absolute Gasteiger partial charge is 0.476 e. The smallest absolute Gasteiger partial charge is 0.420 e. The van der Waals surface area contributed by atoms with Gasteiger partial charge in [0.1, 0.15) is 11.9 Å². The summed E-state index contributed by atoms with van der Waals surface area (Å²) in [6, 6.07) is 0. The maximum absolute atomic E-state index is 12.1. The summed E-state index contributed by atoms with van der Waals surface area (Å²) in [4.78, 5) is 16.4. The highest BCUT2D eigenvalue weighted by Gasteiger charge is 2.36. The molecule has 0 bridgehead atoms. The van der Waals surface area contributed by atoms with Crippen LogP contribution in [0.25, 0.3) is 0 Å². The lowest BCUT2D eigenvalue weighted by Gasteiger charge is -2.06. The van der Waals surface area contributed by atoms with E-state index in [1.165, 1.54) is 0 Å². The minimum atomic E-state index is -4.74. The number of halogens is 3. The lowest BCUT2D eigenvalue weighted by molar-refractivity contribution is -0.138. The number of aromatic carboxylic acids is 1. The van der Waals surface area contributed by atoms with Crippen molar-refractivity contribution in [2.45, 2.75) is 6.18 Å². The molecule has 0 saturated carbocycles. The van der Waals surface area contributed by atoms with Crippen LogP contribution in [0.3, 0.4) is 0 Å². The van der Waals surface area contributed by atoms with Gasteiger partial charge in [-0.2, -0.15) is 13.2 Å². The van der Waals surface area contributed by atoms with Gasteiger partial charge in [0.2, 0.25) is 0 Å². The van der Waals surface area contributed by atoms with Gasteiger partial charge in [0.25, 0.3) is 0 Å². The van der Waals surface area contributed by atoms with Crippen molar-refractivity contribution in [2.75, 3.05) is 0 Å². The third kappa shape index (κ3) is 1.92. The standard InChI is InChI=1S/C6H3F3N2O2/c7-6(8,9)3-1-10-2-11-4(3)5(12)13/h1-2H,(H,12,13). The van der Waals surface area contributed by atoms with E-state index in [0.717, 1.165) is 6.33 Å². The van der Waals surface area contributed by atoms with Gasteiger partial charge in [-0.25, -0.2) is 14.8 Å². The monoisotopic (exact) mass is 192 g/mol. The Kier molecular flexibility index (Phi) is 2.18. The van der Waals surface area contributed by atoms with Crippen LogP contribution >= 0.6 is 0 Å². The van der Waals surface area contributed by atoms with Crippen LogP contribution in [0.4, 0.5) is 13.2 Å². The molecule has 0 radical (unpaired) electrons. The fraction of sp³-hybridized carbons (Fsp3) is 0.167. The predicted molar refractivity (Wildman–Crippen MR) is 34.0 cm³/mol. The van der Waals surface area contributed by atoms with Gasteiger partial charge in [-0.3, -0.25) is 0 Å². The molecule has 0 amide bonds. The second kappa shape index (κ2) is 3.00. The van der Waals surface area contributed by atoms with Crippen LogP contribution in [0.1, 0.15) is 16.1 Å². The normalized spacial score (nSPS) is 11.3. The van der Waals surface area contributed by atoms with E-state index in [0.29, 0.717) is 6.20 Å². The summed E-state index contributed by atoms with van der Waals surface area (Å²) in [6.45, 7) is 0. The van der Waals surface area contributed by atoms with Gasteiger partial charge in [0.05, 0.1) is 0 Å². The zero-order valence-corrected chi connectivity index (χ0v) is 6.04. The Morgan fingerprint density at radius 3 is 2.46 bits per heavy atom. The molecule has 0 fully saturated rings. The first-order valence-electron chi connectivity index (χ1n) is 3.03. The van der Waals surface area contributed by atoms with Gasteiger partial charge in [0, 0.05) is 6.20 Å². The first-order chi connectivity index (χ1) is 5.93. The minimum Gasteiger partial charge on any atom is -0.476 e. The Labute approximate surface area is 70.1 Å². The number of carbonyl (C=O) groups is 1. The average molecular weight is 192 g/mol. The third-order valence-corrected chi connectivity index (χ3v) is 1.22. The Bertz CT molecular complexity index is 337. The van der Waals surface area contributed by atoms with Gasteiger partial charge in [0.15, 0.2) is 5.69 Å². The molecule has 1 N–H and O–H groups in total. The van der Waals surface area contributed by atoms with E-state index in [1.807, 2.05) is 0 Å². The number of carboxylic acid groups (broad SMARTS) is 1. The lowest BCUT2D eigenvalue weighted by atomic mass is 10.2. The zero-order chi connectivity index (χ0) is 10.1. The number of hydrogen-bond acceptors (Lipinski definition) is 3. The van der Waals surface area contributed by atoms with E-state index in [4.69, 9.17) is 5.11 Å². The van der Waals surface area contributed by atoms with Crippen molar-refractivity contribution in [3.8, 4) is 0 Å². The van der Waals surface area contributed by atoms with Gasteiger partial charge in [-0.1, -0.05) is 0 Å². The Morgan fingerprint density at radius 2 is 2.08 bits per heavy atom. The molecule has 0 aliphatic carbocycles. The summed E-state index contributed by atoms with van der Waals surface area (Å²) >= 11 is 0. The molecule has 4 nitrogen and oxygen atoms in total. The molecule has 0 atom stereocenters. The second-order valence-corrected chi connectivity index (χ2v) is 2.09. The average Bonchev–Trinajstić information content (AvgIpc) is 2.03. The fourth-order valence-corrected chi connectivity index (χ4v) is 0.707. The molecule has 1 aromatic rings. The number of carboxylic acids is 1. The first kappa shape index (κ1) is 9.43. The highest BCUT2D eigenvalue weighted by Crippen LogP contribution is 2.30. The molecule has 0 aliphatic heterocycles. The summed E-state index contributed by atoms with van der Waals surface area (Å²) in [5, 5.41) is 8.34. The number of alkyl halides is 3. The molecule has 1 heterocycles. The van der Waals surface area contributed by atoms with Crippen LogP contribution in [0.5, 0.6) is 0 Å². The van der Waals surface area contributed by atoms with Crippen LogP contribution in [0.15, 0.2) is 12.5 Å². The Morgan fingerprint density at radius 1 is 1.46 bits per heavy atom. The fourth-order valence-electron chi connectivity index (χ4n) is 0.707. The number of hydrogen-bond donors (Lipinski definition) is 1. The quantitative estimate of drug-likeness (QED) is 0.725. The van der Waals surface area contributed by atoms with E-state index in [-0.39, 0.29) is 0 Å². The summed E-state index contributed by atoms with van der Waals surface area (Å²) in [5.74, 6) is -1.73. The summed E-state index contributed by atoms with van der Waals surface area (Å²) in [7, 11) is 0. The van der Waals surface area contributed by atoms with E-state index < -0.39 is 23.4 Å². The Balaban J connectivity index is 3.28. The van der Waals surface area contributed by atoms with Gasteiger partial charge in [-0.05, 0) is 0 Å². The molecule has 70 valence electrons. The summed E-state index contributed by atoms with van der Waals surface area (Å²) < 4.78 is 36.2. The van der Waals surface area contributed by atoms with Crippen LogP contribution in [-0.2, 0) is 6.18 Å². The van der Waals surface area contributed by atoms with Crippen molar-refractivity contribution in [1.29, 1.82) is 0 Å².